The van der Waals surface area contributed by atoms with Crippen LogP contribution in [0.5, 0.6) is 5.75 Å². The Hall–Kier alpha value is -4.37. The van der Waals surface area contributed by atoms with E-state index in [9.17, 15) is 14.9 Å². The molecule has 0 aliphatic rings. The first-order valence-corrected chi connectivity index (χ1v) is 9.62. The van der Waals surface area contributed by atoms with E-state index in [1.165, 1.54) is 11.7 Å². The predicted octanol–water partition coefficient (Wildman–Crippen LogP) is 1.37. The van der Waals surface area contributed by atoms with E-state index >= 15 is 0 Å². The fourth-order valence-corrected chi connectivity index (χ4v) is 4.17. The van der Waals surface area contributed by atoms with Gasteiger partial charge in [-0.3, -0.25) is 9.32 Å². The number of methoxy groups -OCH3 is 1. The summed E-state index contributed by atoms with van der Waals surface area (Å²) in [5.41, 5.74) is 12.3. The quantitative estimate of drug-likeness (QED) is 0.345. The maximum absolute atomic E-state index is 12.9. The number of hydrogen-bond acceptors (Lipinski definition) is 9. The largest absolute Gasteiger partial charge is 0.497 e. The number of fused-ring (bicyclic) bond motifs is 1. The second-order valence-electron chi connectivity index (χ2n) is 6.45. The number of nitriles is 1. The number of nitrogens with two attached hydrogens (primary N) is 2. The molecule has 0 bridgehead atoms. The summed E-state index contributed by atoms with van der Waals surface area (Å²) in [5, 5.41) is 15.1. The summed E-state index contributed by atoms with van der Waals surface area (Å²) in [6, 6.07) is 8.72. The van der Waals surface area contributed by atoms with Gasteiger partial charge in [0.05, 0.1) is 23.7 Å². The number of pyridine rings is 1. The lowest BCUT2D eigenvalue weighted by Gasteiger charge is -2.06. The number of benzene rings is 1. The number of nitrogens with zero attached hydrogens (tertiary/aromatic N) is 3. The van der Waals surface area contributed by atoms with Crippen LogP contribution < -0.4 is 31.8 Å². The van der Waals surface area contributed by atoms with Crippen LogP contribution in [0, 0.1) is 11.3 Å². The van der Waals surface area contributed by atoms with Gasteiger partial charge in [0.25, 0.3) is 5.91 Å². The van der Waals surface area contributed by atoms with Crippen LogP contribution in [-0.4, -0.2) is 23.3 Å². The van der Waals surface area contributed by atoms with Gasteiger partial charge in [-0.1, -0.05) is 4.68 Å². The molecule has 0 aliphatic heterocycles. The Morgan fingerprint density at radius 3 is 2.65 bits per heavy atom. The van der Waals surface area contributed by atoms with Crippen molar-refractivity contribution in [2.24, 2.45) is 7.05 Å². The lowest BCUT2D eigenvalue weighted by molar-refractivity contribution is -0.730. The minimum Gasteiger partial charge on any atom is -0.497 e. The highest BCUT2D eigenvalue weighted by molar-refractivity contribution is 7.21. The third kappa shape index (κ3) is 3.22. The van der Waals surface area contributed by atoms with Gasteiger partial charge in [0, 0.05) is 5.69 Å². The third-order valence-electron chi connectivity index (χ3n) is 4.61. The Morgan fingerprint density at radius 1 is 1.35 bits per heavy atom. The molecule has 4 aromatic rings. The minimum atomic E-state index is -0.722. The molecular formula is C19H16N7O4S+. The molecule has 0 radical (unpaired) electrons. The molecule has 0 fully saturated rings. The van der Waals surface area contributed by atoms with Crippen molar-refractivity contribution in [1.29, 1.82) is 5.26 Å². The Labute approximate surface area is 178 Å². The summed E-state index contributed by atoms with van der Waals surface area (Å²) in [4.78, 5) is 29.9. The van der Waals surface area contributed by atoms with E-state index < -0.39 is 11.5 Å². The van der Waals surface area contributed by atoms with E-state index in [-0.39, 0.29) is 38.6 Å². The molecule has 3 heterocycles. The van der Waals surface area contributed by atoms with Crippen LogP contribution in [0.1, 0.15) is 15.2 Å². The number of anilines is 3. The summed E-state index contributed by atoms with van der Waals surface area (Å²) >= 11 is 1.00. The molecule has 156 valence electrons. The second-order valence-corrected chi connectivity index (χ2v) is 7.45. The SMILES string of the molecule is COc1ccc(NC(=O)c2sc3nc(N)c(C#N)c(-c4c(=O)o[nH][n+]4C)c3c2N)cc1. The van der Waals surface area contributed by atoms with Gasteiger partial charge >= 0.3 is 11.3 Å². The summed E-state index contributed by atoms with van der Waals surface area (Å²) in [5.74, 6) is 0.0825. The summed E-state index contributed by atoms with van der Waals surface area (Å²) < 4.78 is 11.2. The van der Waals surface area contributed by atoms with Crippen LogP contribution in [0.15, 0.2) is 33.6 Å². The number of aromatic amines is 1. The standard InChI is InChI=1S/C19H15N7O4S/c1-26-14(19(28)30-25-26)11-10(7-20)16(22)24-18-12(11)13(21)15(31-18)17(27)23-8-3-5-9(29-2)6-4-8/h3-6H,1-2H3,(H5-,21,22,23,24,25,27,28)/p+1. The summed E-state index contributed by atoms with van der Waals surface area (Å²) in [6.45, 7) is 0. The van der Waals surface area contributed by atoms with Gasteiger partial charge in [-0.05, 0) is 29.5 Å². The molecule has 12 heteroatoms. The molecule has 0 saturated carbocycles. The Morgan fingerprint density at radius 2 is 2.06 bits per heavy atom. The Kier molecular flexibility index (Phi) is 4.80. The number of thiophene rings is 1. The molecule has 1 aromatic carbocycles. The molecule has 1 amide bonds. The van der Waals surface area contributed by atoms with E-state index in [0.29, 0.717) is 16.3 Å². The smallest absolute Gasteiger partial charge is 0.435 e. The van der Waals surface area contributed by atoms with Gasteiger partial charge in [-0.15, -0.1) is 11.3 Å². The fourth-order valence-electron chi connectivity index (χ4n) is 3.16. The number of aryl methyl sites for hydroxylation is 1. The zero-order valence-electron chi connectivity index (χ0n) is 16.3. The van der Waals surface area contributed by atoms with E-state index in [0.717, 1.165) is 11.3 Å². The average molecular weight is 438 g/mol. The topological polar surface area (TPSA) is 177 Å². The molecule has 11 nitrogen and oxygen atoms in total. The van der Waals surface area contributed by atoms with Crippen molar-refractivity contribution in [3.63, 3.8) is 0 Å². The van der Waals surface area contributed by atoms with E-state index in [1.807, 2.05) is 6.07 Å². The molecule has 6 N–H and O–H groups in total. The maximum Gasteiger partial charge on any atom is 0.435 e. The van der Waals surface area contributed by atoms with Crippen LogP contribution >= 0.6 is 11.3 Å². The van der Waals surface area contributed by atoms with Gasteiger partial charge in [0.2, 0.25) is 0 Å². The Balaban J connectivity index is 1.89. The van der Waals surface area contributed by atoms with Crippen LogP contribution in [-0.2, 0) is 7.05 Å². The average Bonchev–Trinajstić information content (AvgIpc) is 3.26. The number of amides is 1. The second kappa shape index (κ2) is 7.47. The van der Waals surface area contributed by atoms with Gasteiger partial charge in [0.1, 0.15) is 32.9 Å². The maximum atomic E-state index is 12.9. The Bertz CT molecular complexity index is 1430. The summed E-state index contributed by atoms with van der Waals surface area (Å²) in [7, 11) is 3.08. The lowest BCUT2D eigenvalue weighted by atomic mass is 10.0. The summed E-state index contributed by atoms with van der Waals surface area (Å²) in [6.07, 6.45) is 0. The molecule has 0 saturated heterocycles. The molecular weight excluding hydrogens is 422 g/mol. The number of nitrogens with one attached hydrogen (secondary N) is 2. The first-order chi connectivity index (χ1) is 14.8. The van der Waals surface area contributed by atoms with Gasteiger partial charge in [-0.2, -0.15) is 5.26 Å². The van der Waals surface area contributed by atoms with E-state index in [4.69, 9.17) is 20.7 Å². The van der Waals surface area contributed by atoms with Crippen LogP contribution in [0.2, 0.25) is 0 Å². The van der Waals surface area contributed by atoms with E-state index in [1.54, 1.807) is 31.4 Å². The molecule has 0 atom stereocenters. The highest BCUT2D eigenvalue weighted by Gasteiger charge is 2.32. The molecule has 0 unspecified atom stereocenters. The van der Waals surface area contributed by atoms with Gasteiger partial charge in [0.15, 0.2) is 7.05 Å². The van der Waals surface area contributed by atoms with Crippen molar-refractivity contribution >= 4 is 44.7 Å². The highest BCUT2D eigenvalue weighted by Crippen LogP contribution is 2.41. The lowest BCUT2D eigenvalue weighted by Crippen LogP contribution is -2.34. The van der Waals surface area contributed by atoms with Crippen LogP contribution in [0.3, 0.4) is 0 Å². The number of rotatable bonds is 4. The molecule has 4 rings (SSSR count). The first-order valence-electron chi connectivity index (χ1n) is 8.80. The minimum absolute atomic E-state index is 0.0299. The normalized spacial score (nSPS) is 10.7. The van der Waals surface area contributed by atoms with Crippen LogP contribution in [0.4, 0.5) is 17.2 Å². The van der Waals surface area contributed by atoms with Crippen molar-refractivity contribution in [3.8, 4) is 23.1 Å². The number of carbonyl (C=O) groups excluding carboxylic acids is 1. The van der Waals surface area contributed by atoms with Crippen molar-refractivity contribution in [2.75, 3.05) is 23.9 Å². The number of ether oxygens (including phenoxy) is 1. The van der Waals surface area contributed by atoms with Crippen molar-refractivity contribution in [2.45, 2.75) is 0 Å². The number of aromatic nitrogens is 3. The van der Waals surface area contributed by atoms with Crippen molar-refractivity contribution in [1.82, 2.24) is 10.3 Å². The van der Waals surface area contributed by atoms with Gasteiger partial charge < -0.3 is 21.5 Å². The predicted molar refractivity (Wildman–Crippen MR) is 114 cm³/mol. The van der Waals surface area contributed by atoms with Gasteiger partial charge in [-0.25, -0.2) is 9.78 Å². The number of H-pyrrole nitrogens is 1. The fraction of sp³-hybridized carbons (Fsp3) is 0.105. The first kappa shape index (κ1) is 19.9. The zero-order valence-corrected chi connectivity index (χ0v) is 17.2. The molecule has 0 spiro atoms. The van der Waals surface area contributed by atoms with E-state index in [2.05, 4.69) is 15.6 Å². The number of nitrogen functional groups attached to an aromatic ring is 2. The third-order valence-corrected chi connectivity index (χ3v) is 5.71. The van der Waals surface area contributed by atoms with Crippen LogP contribution in [0.25, 0.3) is 21.5 Å². The highest BCUT2D eigenvalue weighted by atomic mass is 32.1. The number of carbonyl (C=O) groups is 1. The number of hydrogen-bond donors (Lipinski definition) is 4. The molecule has 0 aliphatic carbocycles. The zero-order chi connectivity index (χ0) is 22.3. The molecule has 31 heavy (non-hydrogen) atoms. The molecule has 3 aromatic heterocycles. The monoisotopic (exact) mass is 438 g/mol. The van der Waals surface area contributed by atoms with Crippen molar-refractivity contribution < 1.29 is 18.7 Å². The van der Waals surface area contributed by atoms with Crippen molar-refractivity contribution in [3.05, 3.63) is 45.1 Å².